The standard InChI is InChI=1S/C18H28O2S/c1-20-18(19)15-11-6-4-2-3-5-7-12-16-21-17-13-9-8-10-14-17/h8-10,13-14H,2-7,11-12,15-16H2,1H3. The summed E-state index contributed by atoms with van der Waals surface area (Å²) in [5, 5.41) is 0. The van der Waals surface area contributed by atoms with Crippen LogP contribution in [0.25, 0.3) is 0 Å². The lowest BCUT2D eigenvalue weighted by atomic mass is 10.1. The van der Waals surface area contributed by atoms with E-state index in [1.165, 1.54) is 56.3 Å². The van der Waals surface area contributed by atoms with E-state index in [1.807, 2.05) is 11.8 Å². The summed E-state index contributed by atoms with van der Waals surface area (Å²) in [5.41, 5.74) is 0. The number of benzene rings is 1. The van der Waals surface area contributed by atoms with Crippen LogP contribution in [0, 0.1) is 0 Å². The van der Waals surface area contributed by atoms with Crippen LogP contribution in [0.4, 0.5) is 0 Å². The molecule has 21 heavy (non-hydrogen) atoms. The molecule has 0 spiro atoms. The van der Waals surface area contributed by atoms with Crippen LogP contribution in [0.1, 0.15) is 57.8 Å². The Kier molecular flexibility index (Phi) is 11.0. The molecule has 0 aromatic heterocycles. The van der Waals surface area contributed by atoms with E-state index >= 15 is 0 Å². The summed E-state index contributed by atoms with van der Waals surface area (Å²) in [6.07, 6.45) is 10.6. The van der Waals surface area contributed by atoms with Crippen LogP contribution in [-0.4, -0.2) is 18.8 Å². The van der Waals surface area contributed by atoms with Gasteiger partial charge in [0, 0.05) is 11.3 Å². The number of esters is 1. The van der Waals surface area contributed by atoms with Gasteiger partial charge in [0.25, 0.3) is 0 Å². The summed E-state index contributed by atoms with van der Waals surface area (Å²) in [6, 6.07) is 10.6. The summed E-state index contributed by atoms with van der Waals surface area (Å²) in [5.74, 6) is 1.15. The van der Waals surface area contributed by atoms with Crippen molar-refractivity contribution in [3.8, 4) is 0 Å². The number of thioether (sulfide) groups is 1. The highest BCUT2D eigenvalue weighted by atomic mass is 32.2. The molecule has 1 aromatic rings. The van der Waals surface area contributed by atoms with Crippen molar-refractivity contribution in [3.05, 3.63) is 30.3 Å². The Bertz CT molecular complexity index is 365. The lowest BCUT2D eigenvalue weighted by molar-refractivity contribution is -0.140. The molecule has 0 fully saturated rings. The number of hydrogen-bond acceptors (Lipinski definition) is 3. The monoisotopic (exact) mass is 308 g/mol. The Morgan fingerprint density at radius 1 is 0.905 bits per heavy atom. The minimum Gasteiger partial charge on any atom is -0.469 e. The Labute approximate surface area is 133 Å². The fourth-order valence-electron chi connectivity index (χ4n) is 2.24. The SMILES string of the molecule is COC(=O)CCCCCCCCCCSc1ccccc1. The third kappa shape index (κ3) is 10.4. The molecule has 0 saturated heterocycles. The molecule has 0 N–H and O–H groups in total. The van der Waals surface area contributed by atoms with Crippen molar-refractivity contribution in [3.63, 3.8) is 0 Å². The first-order chi connectivity index (χ1) is 10.3. The van der Waals surface area contributed by atoms with E-state index in [0.29, 0.717) is 6.42 Å². The van der Waals surface area contributed by atoms with Crippen LogP contribution in [0.5, 0.6) is 0 Å². The maximum atomic E-state index is 10.9. The first-order valence-corrected chi connectivity index (χ1v) is 9.06. The van der Waals surface area contributed by atoms with E-state index in [1.54, 1.807) is 0 Å². The van der Waals surface area contributed by atoms with Crippen molar-refractivity contribution >= 4 is 17.7 Å². The molecule has 1 aromatic carbocycles. The molecule has 0 unspecified atom stereocenters. The van der Waals surface area contributed by atoms with Gasteiger partial charge in [-0.05, 0) is 30.7 Å². The maximum absolute atomic E-state index is 10.9. The first kappa shape index (κ1) is 18.1. The number of hydrogen-bond donors (Lipinski definition) is 0. The number of carbonyl (C=O) groups excluding carboxylic acids is 1. The Morgan fingerprint density at radius 3 is 2.10 bits per heavy atom. The normalized spacial score (nSPS) is 10.5. The zero-order chi connectivity index (χ0) is 15.2. The van der Waals surface area contributed by atoms with Crippen molar-refractivity contribution in [2.24, 2.45) is 0 Å². The molecule has 0 aliphatic carbocycles. The van der Waals surface area contributed by atoms with E-state index in [-0.39, 0.29) is 5.97 Å². The number of rotatable bonds is 12. The maximum Gasteiger partial charge on any atom is 0.305 e. The molecular weight excluding hydrogens is 280 g/mol. The van der Waals surface area contributed by atoms with Crippen molar-refractivity contribution in [2.75, 3.05) is 12.9 Å². The highest BCUT2D eigenvalue weighted by molar-refractivity contribution is 7.99. The van der Waals surface area contributed by atoms with Gasteiger partial charge in [0.1, 0.15) is 0 Å². The first-order valence-electron chi connectivity index (χ1n) is 8.07. The predicted octanol–water partition coefficient (Wildman–Crippen LogP) is 5.46. The number of ether oxygens (including phenoxy) is 1. The fourth-order valence-corrected chi connectivity index (χ4v) is 3.17. The van der Waals surface area contributed by atoms with Crippen LogP contribution in [0.2, 0.25) is 0 Å². The van der Waals surface area contributed by atoms with Crippen molar-refractivity contribution in [1.29, 1.82) is 0 Å². The minimum absolute atomic E-state index is 0.0779. The molecule has 0 bridgehead atoms. The molecule has 0 saturated carbocycles. The molecule has 118 valence electrons. The topological polar surface area (TPSA) is 26.3 Å². The second kappa shape index (κ2) is 12.8. The van der Waals surface area contributed by atoms with E-state index < -0.39 is 0 Å². The minimum atomic E-state index is -0.0779. The summed E-state index contributed by atoms with van der Waals surface area (Å²) >= 11 is 1.96. The van der Waals surface area contributed by atoms with Gasteiger partial charge in [-0.2, -0.15) is 0 Å². The summed E-state index contributed by atoms with van der Waals surface area (Å²) < 4.78 is 4.62. The molecule has 2 nitrogen and oxygen atoms in total. The van der Waals surface area contributed by atoms with Gasteiger partial charge in [-0.1, -0.05) is 56.7 Å². The van der Waals surface area contributed by atoms with Crippen molar-refractivity contribution in [1.82, 2.24) is 0 Å². The zero-order valence-corrected chi connectivity index (χ0v) is 14.0. The third-order valence-corrected chi connectivity index (χ3v) is 4.61. The van der Waals surface area contributed by atoms with E-state index in [4.69, 9.17) is 0 Å². The van der Waals surface area contributed by atoms with Crippen molar-refractivity contribution < 1.29 is 9.53 Å². The van der Waals surface area contributed by atoms with Gasteiger partial charge in [0.2, 0.25) is 0 Å². The molecule has 0 atom stereocenters. The van der Waals surface area contributed by atoms with Gasteiger partial charge in [-0.25, -0.2) is 0 Å². The lowest BCUT2D eigenvalue weighted by Gasteiger charge is -2.03. The number of carbonyl (C=O) groups is 1. The number of unbranched alkanes of at least 4 members (excludes halogenated alkanes) is 7. The molecule has 0 radical (unpaired) electrons. The molecular formula is C18H28O2S. The summed E-state index contributed by atoms with van der Waals surface area (Å²) in [4.78, 5) is 12.3. The molecule has 1 rings (SSSR count). The summed E-state index contributed by atoms with van der Waals surface area (Å²) in [6.45, 7) is 0. The van der Waals surface area contributed by atoms with Crippen LogP contribution in [-0.2, 0) is 9.53 Å². The van der Waals surface area contributed by atoms with Crippen LogP contribution < -0.4 is 0 Å². The van der Waals surface area contributed by atoms with Crippen molar-refractivity contribution in [2.45, 2.75) is 62.7 Å². The second-order valence-corrected chi connectivity index (χ2v) is 6.48. The largest absolute Gasteiger partial charge is 0.469 e. The quantitative estimate of drug-likeness (QED) is 0.291. The van der Waals surface area contributed by atoms with Gasteiger partial charge < -0.3 is 4.74 Å². The Balaban J connectivity index is 1.80. The average Bonchev–Trinajstić information content (AvgIpc) is 2.53. The van der Waals surface area contributed by atoms with Crippen LogP contribution in [0.15, 0.2) is 35.2 Å². The predicted molar refractivity (Wildman–Crippen MR) is 90.7 cm³/mol. The molecule has 3 heteroatoms. The van der Waals surface area contributed by atoms with Gasteiger partial charge >= 0.3 is 5.97 Å². The van der Waals surface area contributed by atoms with Crippen LogP contribution in [0.3, 0.4) is 0 Å². The molecule has 0 heterocycles. The zero-order valence-electron chi connectivity index (χ0n) is 13.2. The molecule has 0 aliphatic heterocycles. The van der Waals surface area contributed by atoms with E-state index in [2.05, 4.69) is 35.1 Å². The molecule has 0 aliphatic rings. The van der Waals surface area contributed by atoms with E-state index in [0.717, 1.165) is 12.8 Å². The van der Waals surface area contributed by atoms with Gasteiger partial charge in [-0.3, -0.25) is 4.79 Å². The molecule has 0 amide bonds. The lowest BCUT2D eigenvalue weighted by Crippen LogP contribution is -1.99. The Morgan fingerprint density at radius 2 is 1.48 bits per heavy atom. The highest BCUT2D eigenvalue weighted by Crippen LogP contribution is 2.19. The second-order valence-electron chi connectivity index (χ2n) is 5.32. The number of methoxy groups -OCH3 is 1. The van der Waals surface area contributed by atoms with Gasteiger partial charge in [0.15, 0.2) is 0 Å². The van der Waals surface area contributed by atoms with Crippen LogP contribution >= 0.6 is 11.8 Å². The van der Waals surface area contributed by atoms with Gasteiger partial charge in [0.05, 0.1) is 7.11 Å². The van der Waals surface area contributed by atoms with Gasteiger partial charge in [-0.15, -0.1) is 11.8 Å². The highest BCUT2D eigenvalue weighted by Gasteiger charge is 1.99. The average molecular weight is 308 g/mol. The Hall–Kier alpha value is -0.960. The van der Waals surface area contributed by atoms with E-state index in [9.17, 15) is 4.79 Å². The smallest absolute Gasteiger partial charge is 0.305 e. The summed E-state index contributed by atoms with van der Waals surface area (Å²) in [7, 11) is 1.46. The fraction of sp³-hybridized carbons (Fsp3) is 0.611. The third-order valence-electron chi connectivity index (χ3n) is 3.51.